The van der Waals surface area contributed by atoms with Crippen molar-refractivity contribution in [2.75, 3.05) is 18.5 Å². The number of rotatable bonds is 7. The van der Waals surface area contributed by atoms with E-state index in [1.807, 2.05) is 5.32 Å². The fraction of sp³-hybridized carbons (Fsp3) is 0.471. The Balaban J connectivity index is 1.89. The predicted molar refractivity (Wildman–Crippen MR) is 88.2 cm³/mol. The van der Waals surface area contributed by atoms with E-state index in [-0.39, 0.29) is 24.5 Å². The van der Waals surface area contributed by atoms with Crippen LogP contribution in [0.25, 0.3) is 0 Å². The summed E-state index contributed by atoms with van der Waals surface area (Å²) in [6.45, 7) is 0.467. The Bertz CT molecular complexity index is 750. The van der Waals surface area contributed by atoms with Gasteiger partial charge in [0.25, 0.3) is 5.91 Å². The molecule has 1 aliphatic rings. The number of benzene rings is 1. The minimum atomic E-state index is -0.983. The van der Waals surface area contributed by atoms with Crippen molar-refractivity contribution in [3.05, 3.63) is 39.9 Å². The number of nitrogens with one attached hydrogen (secondary N) is 1. The van der Waals surface area contributed by atoms with Gasteiger partial charge in [-0.25, -0.2) is 8.78 Å². The molecule has 1 saturated carbocycles. The smallest absolute Gasteiger partial charge is 0.307 e. The molecule has 146 valence electrons. The molecule has 1 fully saturated rings. The molecule has 0 aromatic heterocycles. The minimum Gasteiger partial charge on any atom is -0.456 e. The third-order valence-corrected chi connectivity index (χ3v) is 4.52. The molecule has 1 amide bonds. The quantitative estimate of drug-likeness (QED) is 0.436. The van der Waals surface area contributed by atoms with Gasteiger partial charge in [-0.15, -0.1) is 0 Å². The third kappa shape index (κ3) is 5.28. The van der Waals surface area contributed by atoms with E-state index in [1.54, 1.807) is 6.92 Å². The number of nitro groups is 1. The van der Waals surface area contributed by atoms with Crippen LogP contribution in [0.2, 0.25) is 0 Å². The largest absolute Gasteiger partial charge is 0.456 e. The topological polar surface area (TPSA) is 116 Å². The molecule has 0 saturated heterocycles. The first-order valence-electron chi connectivity index (χ1n) is 8.23. The van der Waals surface area contributed by atoms with Gasteiger partial charge >= 0.3 is 5.97 Å². The third-order valence-electron chi connectivity index (χ3n) is 4.52. The predicted octanol–water partition coefficient (Wildman–Crippen LogP) is 1.95. The Labute approximate surface area is 153 Å². The number of anilines is 1. The Morgan fingerprint density at radius 2 is 1.96 bits per heavy atom. The van der Waals surface area contributed by atoms with Gasteiger partial charge in [0.15, 0.2) is 6.61 Å². The normalized spacial score (nSPS) is 21.7. The van der Waals surface area contributed by atoms with Gasteiger partial charge in [-0.3, -0.25) is 24.5 Å². The number of amides is 1. The highest BCUT2D eigenvalue weighted by Crippen LogP contribution is 2.36. The summed E-state index contributed by atoms with van der Waals surface area (Å²) >= 11 is 0. The number of carbonyl (C=O) groups is 3. The molecule has 3 atom stereocenters. The van der Waals surface area contributed by atoms with Crippen LogP contribution in [-0.2, 0) is 19.1 Å². The Morgan fingerprint density at radius 3 is 2.56 bits per heavy atom. The van der Waals surface area contributed by atoms with Crippen molar-refractivity contribution in [2.24, 2.45) is 17.8 Å². The molecule has 0 heterocycles. The van der Waals surface area contributed by atoms with Crippen LogP contribution >= 0.6 is 0 Å². The number of halogens is 2. The lowest BCUT2D eigenvalue weighted by Gasteiger charge is -2.17. The molecule has 0 radical (unpaired) electrons. The number of nitrogens with zero attached hydrogens (tertiary/aromatic N) is 1. The molecule has 10 heteroatoms. The van der Waals surface area contributed by atoms with Gasteiger partial charge in [0.2, 0.25) is 6.54 Å². The van der Waals surface area contributed by atoms with Crippen LogP contribution in [0.3, 0.4) is 0 Å². The second-order valence-electron chi connectivity index (χ2n) is 6.44. The van der Waals surface area contributed by atoms with Crippen LogP contribution in [0.15, 0.2) is 18.2 Å². The van der Waals surface area contributed by atoms with E-state index in [9.17, 15) is 33.3 Å². The van der Waals surface area contributed by atoms with Crippen LogP contribution in [0.1, 0.15) is 19.8 Å². The molecule has 8 nitrogen and oxygen atoms in total. The average Bonchev–Trinajstić information content (AvgIpc) is 2.83. The molecule has 1 aliphatic carbocycles. The number of carbonyl (C=O) groups excluding carboxylic acids is 3. The van der Waals surface area contributed by atoms with E-state index in [2.05, 4.69) is 0 Å². The van der Waals surface area contributed by atoms with Crippen LogP contribution < -0.4 is 5.32 Å². The molecule has 0 unspecified atom stereocenters. The monoisotopic (exact) mass is 384 g/mol. The van der Waals surface area contributed by atoms with Crippen molar-refractivity contribution >= 4 is 23.3 Å². The Hall–Kier alpha value is -2.91. The number of hydrogen-bond donors (Lipinski definition) is 1. The lowest BCUT2D eigenvalue weighted by atomic mass is 9.88. The zero-order chi connectivity index (χ0) is 20.1. The average molecular weight is 384 g/mol. The summed E-state index contributed by atoms with van der Waals surface area (Å²) in [5, 5.41) is 12.7. The van der Waals surface area contributed by atoms with Crippen molar-refractivity contribution in [1.29, 1.82) is 0 Å². The van der Waals surface area contributed by atoms with Gasteiger partial charge in [-0.1, -0.05) is 13.0 Å². The highest BCUT2D eigenvalue weighted by molar-refractivity contribution is 5.93. The second kappa shape index (κ2) is 8.65. The summed E-state index contributed by atoms with van der Waals surface area (Å²) in [7, 11) is 0. The van der Waals surface area contributed by atoms with Gasteiger partial charge < -0.3 is 10.1 Å². The summed E-state index contributed by atoms with van der Waals surface area (Å²) < 4.78 is 31.6. The Morgan fingerprint density at radius 1 is 1.33 bits per heavy atom. The van der Waals surface area contributed by atoms with Gasteiger partial charge in [-0.2, -0.15) is 0 Å². The Kier molecular flexibility index (Phi) is 6.54. The number of ether oxygens (including phenoxy) is 1. The molecule has 27 heavy (non-hydrogen) atoms. The van der Waals surface area contributed by atoms with Crippen LogP contribution in [0.4, 0.5) is 14.5 Å². The van der Waals surface area contributed by atoms with Gasteiger partial charge in [0.05, 0.1) is 6.42 Å². The summed E-state index contributed by atoms with van der Waals surface area (Å²) in [6, 6.07) is 3.03. The van der Waals surface area contributed by atoms with Gasteiger partial charge in [-0.05, 0) is 18.1 Å². The van der Waals surface area contributed by atoms with Gasteiger partial charge in [0.1, 0.15) is 23.1 Å². The molecule has 2 rings (SSSR count). The first-order valence-corrected chi connectivity index (χ1v) is 8.23. The molecular formula is C17H18F2N2O6. The van der Waals surface area contributed by atoms with Crippen LogP contribution in [0, 0.1) is 39.5 Å². The van der Waals surface area contributed by atoms with Crippen LogP contribution in [0.5, 0.6) is 0 Å². The lowest BCUT2D eigenvalue weighted by Crippen LogP contribution is -2.28. The zero-order valence-corrected chi connectivity index (χ0v) is 14.4. The molecular weight excluding hydrogens is 366 g/mol. The molecule has 0 bridgehead atoms. The highest BCUT2D eigenvalue weighted by Gasteiger charge is 2.44. The van der Waals surface area contributed by atoms with Crippen molar-refractivity contribution in [2.45, 2.75) is 19.8 Å². The summed E-state index contributed by atoms with van der Waals surface area (Å²) in [4.78, 5) is 45.8. The maximum absolute atomic E-state index is 13.5. The van der Waals surface area contributed by atoms with Crippen molar-refractivity contribution in [3.63, 3.8) is 0 Å². The minimum absolute atomic E-state index is 0.142. The van der Waals surface area contributed by atoms with E-state index >= 15 is 0 Å². The standard InChI is InChI=1S/C17H18F2N2O6/c1-9-5-14(22)10(11(9)7-21(25)26)6-16(24)27-8-15(23)20-17-12(18)3-2-4-13(17)19/h2-4,9-11H,5-8H2,1H3,(H,20,23)/t9-,10-,11-/m1/s1. The van der Waals surface area contributed by atoms with Gasteiger partial charge in [0, 0.05) is 23.2 Å². The van der Waals surface area contributed by atoms with E-state index in [0.29, 0.717) is 0 Å². The van der Waals surface area contributed by atoms with Crippen LogP contribution in [-0.4, -0.2) is 35.7 Å². The molecule has 1 N–H and O–H groups in total. The maximum Gasteiger partial charge on any atom is 0.307 e. The lowest BCUT2D eigenvalue weighted by molar-refractivity contribution is -0.490. The first kappa shape index (κ1) is 20.4. The summed E-state index contributed by atoms with van der Waals surface area (Å²) in [5.41, 5.74) is -0.663. The van der Waals surface area contributed by atoms with Crippen molar-refractivity contribution < 1.29 is 32.8 Å². The van der Waals surface area contributed by atoms with E-state index < -0.39 is 59.1 Å². The summed E-state index contributed by atoms with van der Waals surface area (Å²) in [5.74, 6) is -5.73. The summed E-state index contributed by atoms with van der Waals surface area (Å²) in [6.07, 6.45) is -0.244. The number of Topliss-reactive ketones (excluding diaryl/α,β-unsaturated/α-hetero) is 1. The maximum atomic E-state index is 13.5. The molecule has 0 aliphatic heterocycles. The molecule has 0 spiro atoms. The fourth-order valence-electron chi connectivity index (χ4n) is 3.18. The second-order valence-corrected chi connectivity index (χ2v) is 6.44. The van der Waals surface area contributed by atoms with Crippen molar-refractivity contribution in [3.8, 4) is 0 Å². The number of ketones is 1. The molecule has 1 aromatic rings. The zero-order valence-electron chi connectivity index (χ0n) is 14.4. The number of hydrogen-bond acceptors (Lipinski definition) is 6. The van der Waals surface area contributed by atoms with E-state index in [4.69, 9.17) is 4.74 Å². The molecule has 1 aromatic carbocycles. The van der Waals surface area contributed by atoms with E-state index in [0.717, 1.165) is 18.2 Å². The SMILES string of the molecule is C[C@@H]1CC(=O)[C@H](CC(=O)OCC(=O)Nc2c(F)cccc2F)[C@@H]1C[N+](=O)[O-]. The first-order chi connectivity index (χ1) is 12.7. The van der Waals surface area contributed by atoms with Crippen molar-refractivity contribution in [1.82, 2.24) is 0 Å². The highest BCUT2D eigenvalue weighted by atomic mass is 19.1. The number of para-hydroxylation sites is 1. The van der Waals surface area contributed by atoms with E-state index in [1.165, 1.54) is 0 Å². The fourth-order valence-corrected chi connectivity index (χ4v) is 3.18. The number of esters is 1.